The molecule has 6 nitrogen and oxygen atoms in total. The number of methoxy groups -OCH3 is 1. The average Bonchev–Trinajstić information content (AvgIpc) is 2.59. The van der Waals surface area contributed by atoms with Crippen LogP contribution < -0.4 is 20.5 Å². The van der Waals surface area contributed by atoms with Crippen LogP contribution in [0.2, 0.25) is 5.02 Å². The first kappa shape index (κ1) is 19.8. The molecule has 0 bridgehead atoms. The Bertz CT molecular complexity index is 575. The summed E-state index contributed by atoms with van der Waals surface area (Å²) in [6.07, 6.45) is 2.41. The Kier molecular flexibility index (Phi) is 7.81. The SMILES string of the molecule is CCNCC1CCN(Cc2cc(Cl)c(OCC(N)=O)c(OC)c2)CC1. The number of amides is 1. The van der Waals surface area contributed by atoms with E-state index in [-0.39, 0.29) is 6.61 Å². The second-order valence-electron chi connectivity index (χ2n) is 6.39. The molecule has 1 aromatic carbocycles. The van der Waals surface area contributed by atoms with Gasteiger partial charge in [-0.3, -0.25) is 9.69 Å². The van der Waals surface area contributed by atoms with E-state index in [0.29, 0.717) is 16.5 Å². The topological polar surface area (TPSA) is 76.8 Å². The Balaban J connectivity index is 1.96. The van der Waals surface area contributed by atoms with Crippen LogP contribution in [0.15, 0.2) is 12.1 Å². The fraction of sp³-hybridized carbons (Fsp3) is 0.611. The summed E-state index contributed by atoms with van der Waals surface area (Å²) in [4.78, 5) is 13.3. The van der Waals surface area contributed by atoms with Gasteiger partial charge in [0.05, 0.1) is 12.1 Å². The minimum Gasteiger partial charge on any atom is -0.493 e. The van der Waals surface area contributed by atoms with Gasteiger partial charge >= 0.3 is 0 Å². The predicted octanol–water partition coefficient (Wildman–Crippen LogP) is 2.03. The van der Waals surface area contributed by atoms with Crippen LogP contribution in [0.3, 0.4) is 0 Å². The van der Waals surface area contributed by atoms with Crippen LogP contribution in [0.1, 0.15) is 25.3 Å². The van der Waals surface area contributed by atoms with E-state index in [4.69, 9.17) is 26.8 Å². The van der Waals surface area contributed by atoms with Crippen LogP contribution in [0.4, 0.5) is 0 Å². The van der Waals surface area contributed by atoms with Crippen molar-refractivity contribution >= 4 is 17.5 Å². The summed E-state index contributed by atoms with van der Waals surface area (Å²) in [6, 6.07) is 3.78. The normalized spacial score (nSPS) is 16.0. The van der Waals surface area contributed by atoms with Gasteiger partial charge in [0, 0.05) is 6.54 Å². The summed E-state index contributed by atoms with van der Waals surface area (Å²) in [6.45, 7) is 7.03. The van der Waals surface area contributed by atoms with Gasteiger partial charge in [-0.15, -0.1) is 0 Å². The molecule has 1 amide bonds. The maximum Gasteiger partial charge on any atom is 0.255 e. The van der Waals surface area contributed by atoms with Crippen molar-refractivity contribution in [1.82, 2.24) is 10.2 Å². The molecule has 1 aliphatic heterocycles. The number of benzene rings is 1. The van der Waals surface area contributed by atoms with Gasteiger partial charge in [0.15, 0.2) is 18.1 Å². The van der Waals surface area contributed by atoms with E-state index in [1.54, 1.807) is 7.11 Å². The number of hydrogen-bond acceptors (Lipinski definition) is 5. The minimum atomic E-state index is -0.553. The molecule has 1 aliphatic rings. The van der Waals surface area contributed by atoms with Gasteiger partial charge in [0.25, 0.3) is 5.91 Å². The molecule has 0 spiro atoms. The van der Waals surface area contributed by atoms with E-state index >= 15 is 0 Å². The van der Waals surface area contributed by atoms with Crippen molar-refractivity contribution in [2.45, 2.75) is 26.3 Å². The molecule has 0 unspecified atom stereocenters. The van der Waals surface area contributed by atoms with Gasteiger partial charge in [-0.25, -0.2) is 0 Å². The summed E-state index contributed by atoms with van der Waals surface area (Å²) in [7, 11) is 1.55. The van der Waals surface area contributed by atoms with Crippen molar-refractivity contribution in [3.05, 3.63) is 22.7 Å². The number of rotatable bonds is 9. The zero-order valence-corrected chi connectivity index (χ0v) is 15.8. The first-order valence-corrected chi connectivity index (χ1v) is 9.11. The third kappa shape index (κ3) is 6.06. The van der Waals surface area contributed by atoms with Crippen LogP contribution in [0.5, 0.6) is 11.5 Å². The molecule has 1 saturated heterocycles. The lowest BCUT2D eigenvalue weighted by molar-refractivity contribution is -0.119. The second-order valence-corrected chi connectivity index (χ2v) is 6.80. The lowest BCUT2D eigenvalue weighted by atomic mass is 9.96. The third-order valence-electron chi connectivity index (χ3n) is 4.44. The highest BCUT2D eigenvalue weighted by atomic mass is 35.5. The average molecular weight is 370 g/mol. The first-order chi connectivity index (χ1) is 12.0. The summed E-state index contributed by atoms with van der Waals surface area (Å²) >= 11 is 6.31. The maximum atomic E-state index is 10.9. The molecule has 1 fully saturated rings. The van der Waals surface area contributed by atoms with Crippen molar-refractivity contribution < 1.29 is 14.3 Å². The number of halogens is 1. The Hall–Kier alpha value is -1.50. The number of hydrogen-bond donors (Lipinski definition) is 2. The van der Waals surface area contributed by atoms with E-state index in [1.165, 1.54) is 12.8 Å². The largest absolute Gasteiger partial charge is 0.493 e. The molecule has 140 valence electrons. The van der Waals surface area contributed by atoms with Crippen LogP contribution in [-0.4, -0.2) is 50.7 Å². The summed E-state index contributed by atoms with van der Waals surface area (Å²) in [5.74, 6) is 1.09. The Morgan fingerprint density at radius 1 is 1.40 bits per heavy atom. The molecule has 25 heavy (non-hydrogen) atoms. The minimum absolute atomic E-state index is 0.227. The predicted molar refractivity (Wildman–Crippen MR) is 99.2 cm³/mol. The molecule has 0 atom stereocenters. The van der Waals surface area contributed by atoms with Crippen molar-refractivity contribution in [1.29, 1.82) is 0 Å². The monoisotopic (exact) mass is 369 g/mol. The molecule has 0 aliphatic carbocycles. The Labute approximate surface area is 154 Å². The van der Waals surface area contributed by atoms with Crippen LogP contribution in [-0.2, 0) is 11.3 Å². The van der Waals surface area contributed by atoms with Crippen LogP contribution in [0, 0.1) is 5.92 Å². The number of nitrogens with zero attached hydrogens (tertiary/aromatic N) is 1. The van der Waals surface area contributed by atoms with Crippen molar-refractivity contribution in [2.24, 2.45) is 11.7 Å². The number of carbonyl (C=O) groups is 1. The van der Waals surface area contributed by atoms with Gasteiger partial charge in [-0.05, 0) is 62.6 Å². The molecule has 2 rings (SSSR count). The van der Waals surface area contributed by atoms with Gasteiger partial charge in [0.1, 0.15) is 0 Å². The highest BCUT2D eigenvalue weighted by Gasteiger charge is 2.20. The number of nitrogens with two attached hydrogens (primary N) is 1. The number of nitrogens with one attached hydrogen (secondary N) is 1. The number of carbonyl (C=O) groups excluding carboxylic acids is 1. The first-order valence-electron chi connectivity index (χ1n) is 8.74. The summed E-state index contributed by atoms with van der Waals surface area (Å²) < 4.78 is 10.7. The molecular formula is C18H28ClN3O3. The maximum absolute atomic E-state index is 10.9. The Morgan fingerprint density at radius 3 is 2.72 bits per heavy atom. The third-order valence-corrected chi connectivity index (χ3v) is 4.73. The highest BCUT2D eigenvalue weighted by Crippen LogP contribution is 2.37. The second kappa shape index (κ2) is 9.85. The van der Waals surface area contributed by atoms with E-state index in [2.05, 4.69) is 17.1 Å². The molecule has 0 aromatic heterocycles. The number of primary amides is 1. The lowest BCUT2D eigenvalue weighted by Crippen LogP contribution is -2.36. The number of likely N-dealkylation sites (tertiary alicyclic amines) is 1. The van der Waals surface area contributed by atoms with Crippen molar-refractivity contribution in [2.75, 3.05) is 39.9 Å². The molecule has 1 heterocycles. The molecule has 1 aromatic rings. The molecule has 3 N–H and O–H groups in total. The van der Waals surface area contributed by atoms with E-state index in [0.717, 1.165) is 44.2 Å². The van der Waals surface area contributed by atoms with Crippen molar-refractivity contribution in [3.63, 3.8) is 0 Å². The highest BCUT2D eigenvalue weighted by molar-refractivity contribution is 6.32. The Morgan fingerprint density at radius 2 is 2.12 bits per heavy atom. The standard InChI is InChI=1S/C18H28ClN3O3/c1-3-21-10-13-4-6-22(7-5-13)11-14-8-15(19)18(16(9-14)24-2)25-12-17(20)23/h8-9,13,21H,3-7,10-12H2,1-2H3,(H2,20,23). The van der Waals surface area contributed by atoms with Gasteiger partial charge in [0.2, 0.25) is 0 Å². The van der Waals surface area contributed by atoms with E-state index in [9.17, 15) is 4.79 Å². The summed E-state index contributed by atoms with van der Waals surface area (Å²) in [5, 5.41) is 3.86. The smallest absolute Gasteiger partial charge is 0.255 e. The van der Waals surface area contributed by atoms with Gasteiger partial charge < -0.3 is 20.5 Å². The fourth-order valence-electron chi connectivity index (χ4n) is 3.10. The zero-order valence-electron chi connectivity index (χ0n) is 15.0. The van der Waals surface area contributed by atoms with Crippen LogP contribution in [0.25, 0.3) is 0 Å². The molecular weight excluding hydrogens is 342 g/mol. The summed E-state index contributed by atoms with van der Waals surface area (Å²) in [5.41, 5.74) is 6.19. The quantitative estimate of drug-likeness (QED) is 0.696. The van der Waals surface area contributed by atoms with E-state index < -0.39 is 5.91 Å². The van der Waals surface area contributed by atoms with Gasteiger partial charge in [-0.2, -0.15) is 0 Å². The number of piperidine rings is 1. The van der Waals surface area contributed by atoms with Crippen LogP contribution >= 0.6 is 11.6 Å². The zero-order chi connectivity index (χ0) is 18.2. The lowest BCUT2D eigenvalue weighted by Gasteiger charge is -2.32. The fourth-order valence-corrected chi connectivity index (χ4v) is 3.39. The molecule has 7 heteroatoms. The molecule has 0 radical (unpaired) electrons. The van der Waals surface area contributed by atoms with E-state index in [1.807, 2.05) is 12.1 Å². The number of ether oxygens (including phenoxy) is 2. The van der Waals surface area contributed by atoms with Gasteiger partial charge in [-0.1, -0.05) is 18.5 Å². The van der Waals surface area contributed by atoms with Crippen molar-refractivity contribution in [3.8, 4) is 11.5 Å². The molecule has 0 saturated carbocycles.